The molecule has 2 rings (SSSR count). The molecule has 0 unspecified atom stereocenters. The number of benzene rings is 1. The second-order valence-corrected chi connectivity index (χ2v) is 5.33. The lowest BCUT2D eigenvalue weighted by Crippen LogP contribution is -2.25. The number of hydrogen-bond acceptors (Lipinski definition) is 2. The predicted molar refractivity (Wildman–Crippen MR) is 80.3 cm³/mol. The lowest BCUT2D eigenvalue weighted by atomic mass is 9.88. The fourth-order valence-electron chi connectivity index (χ4n) is 2.60. The van der Waals surface area contributed by atoms with Gasteiger partial charge in [0.2, 0.25) is 5.91 Å². The molecule has 1 aromatic carbocycles. The van der Waals surface area contributed by atoms with Gasteiger partial charge in [-0.3, -0.25) is 4.79 Å². The molecule has 1 fully saturated rings. The first kappa shape index (κ1) is 14.6. The maximum Gasteiger partial charge on any atom is 0.227 e. The molecule has 0 heterocycles. The van der Waals surface area contributed by atoms with Gasteiger partial charge in [0.05, 0.1) is 5.69 Å². The van der Waals surface area contributed by atoms with E-state index in [-0.39, 0.29) is 18.4 Å². The highest BCUT2D eigenvalue weighted by Gasteiger charge is 2.21. The maximum absolute atomic E-state index is 12.3. The van der Waals surface area contributed by atoms with Crippen molar-refractivity contribution < 1.29 is 9.90 Å². The molecule has 3 nitrogen and oxygen atoms in total. The Kier molecular flexibility index (Phi) is 5.20. The second kappa shape index (κ2) is 7.12. The van der Waals surface area contributed by atoms with Crippen molar-refractivity contribution in [1.29, 1.82) is 0 Å². The first-order valence-corrected chi connectivity index (χ1v) is 7.22. The zero-order chi connectivity index (χ0) is 14.4. The molecular formula is C17H21NO2. The van der Waals surface area contributed by atoms with Crippen LogP contribution in [0.5, 0.6) is 0 Å². The number of rotatable bonds is 2. The number of nitrogens with one attached hydrogen (secondary N) is 1. The Balaban J connectivity index is 2.13. The minimum absolute atomic E-state index is 0.0978. The standard InChI is InChI=1S/C17H21NO2/c1-13-9-10-16(15(12-13)8-5-11-19)18-17(20)14-6-3-2-4-7-14/h9-10,12,14,19H,2-4,6-7,11H2,1H3,(H,18,20). The van der Waals surface area contributed by atoms with Crippen LogP contribution in [0.4, 0.5) is 5.69 Å². The van der Waals surface area contributed by atoms with Gasteiger partial charge < -0.3 is 10.4 Å². The van der Waals surface area contributed by atoms with Gasteiger partial charge in [-0.2, -0.15) is 0 Å². The molecule has 1 amide bonds. The van der Waals surface area contributed by atoms with Crippen molar-refractivity contribution >= 4 is 11.6 Å². The van der Waals surface area contributed by atoms with Crippen LogP contribution in [0, 0.1) is 24.7 Å². The summed E-state index contributed by atoms with van der Waals surface area (Å²) < 4.78 is 0. The minimum Gasteiger partial charge on any atom is -0.384 e. The van der Waals surface area contributed by atoms with Crippen molar-refractivity contribution in [3.8, 4) is 11.8 Å². The highest BCUT2D eigenvalue weighted by molar-refractivity contribution is 5.94. The molecule has 2 N–H and O–H groups in total. The first-order chi connectivity index (χ1) is 9.70. The Morgan fingerprint density at radius 3 is 2.80 bits per heavy atom. The monoisotopic (exact) mass is 271 g/mol. The summed E-state index contributed by atoms with van der Waals surface area (Å²) in [6.45, 7) is 1.81. The van der Waals surface area contributed by atoms with Crippen LogP contribution in [0.1, 0.15) is 43.2 Å². The lowest BCUT2D eigenvalue weighted by Gasteiger charge is -2.21. The van der Waals surface area contributed by atoms with E-state index in [9.17, 15) is 4.79 Å². The van der Waals surface area contributed by atoms with Crippen LogP contribution in [0.2, 0.25) is 0 Å². The Hall–Kier alpha value is -1.79. The van der Waals surface area contributed by atoms with E-state index in [1.54, 1.807) is 0 Å². The molecular weight excluding hydrogens is 250 g/mol. The van der Waals surface area contributed by atoms with Crippen molar-refractivity contribution in [2.24, 2.45) is 5.92 Å². The third-order valence-corrected chi connectivity index (χ3v) is 3.71. The molecule has 0 radical (unpaired) electrons. The van der Waals surface area contributed by atoms with Gasteiger partial charge in [0.25, 0.3) is 0 Å². The van der Waals surface area contributed by atoms with Gasteiger partial charge in [-0.25, -0.2) is 0 Å². The number of hydrogen-bond donors (Lipinski definition) is 2. The molecule has 0 spiro atoms. The fourth-order valence-corrected chi connectivity index (χ4v) is 2.60. The smallest absolute Gasteiger partial charge is 0.227 e. The Bertz CT molecular complexity index is 534. The maximum atomic E-state index is 12.3. The van der Waals surface area contributed by atoms with E-state index in [0.29, 0.717) is 0 Å². The Morgan fingerprint density at radius 1 is 1.35 bits per heavy atom. The van der Waals surface area contributed by atoms with Crippen LogP contribution in [-0.4, -0.2) is 17.6 Å². The van der Waals surface area contributed by atoms with Gasteiger partial charge in [0.15, 0.2) is 0 Å². The molecule has 106 valence electrons. The first-order valence-electron chi connectivity index (χ1n) is 7.22. The number of aliphatic hydroxyl groups is 1. The molecule has 0 atom stereocenters. The number of carbonyl (C=O) groups is 1. The van der Waals surface area contributed by atoms with Gasteiger partial charge in [0, 0.05) is 11.5 Å². The zero-order valence-corrected chi connectivity index (χ0v) is 11.9. The van der Waals surface area contributed by atoms with E-state index in [1.165, 1.54) is 6.42 Å². The summed E-state index contributed by atoms with van der Waals surface area (Å²) in [5.41, 5.74) is 2.60. The number of anilines is 1. The van der Waals surface area contributed by atoms with Crippen LogP contribution >= 0.6 is 0 Å². The van der Waals surface area contributed by atoms with Gasteiger partial charge in [0.1, 0.15) is 6.61 Å². The van der Waals surface area contributed by atoms with Crippen molar-refractivity contribution in [2.75, 3.05) is 11.9 Å². The number of amides is 1. The highest BCUT2D eigenvalue weighted by atomic mass is 16.2. The van der Waals surface area contributed by atoms with E-state index >= 15 is 0 Å². The summed E-state index contributed by atoms with van der Waals surface area (Å²) in [6, 6.07) is 5.78. The molecule has 1 saturated carbocycles. The van der Waals surface area contributed by atoms with E-state index in [2.05, 4.69) is 17.2 Å². The second-order valence-electron chi connectivity index (χ2n) is 5.33. The van der Waals surface area contributed by atoms with E-state index < -0.39 is 0 Å². The topological polar surface area (TPSA) is 49.3 Å². The third-order valence-electron chi connectivity index (χ3n) is 3.71. The van der Waals surface area contributed by atoms with Crippen LogP contribution < -0.4 is 5.32 Å². The summed E-state index contributed by atoms with van der Waals surface area (Å²) in [7, 11) is 0. The number of carbonyl (C=O) groups excluding carboxylic acids is 1. The van der Waals surface area contributed by atoms with Crippen LogP contribution in [-0.2, 0) is 4.79 Å². The van der Waals surface area contributed by atoms with Gasteiger partial charge >= 0.3 is 0 Å². The predicted octanol–water partition coefficient (Wildman–Crippen LogP) is 2.86. The van der Waals surface area contributed by atoms with E-state index in [1.807, 2.05) is 25.1 Å². The van der Waals surface area contributed by atoms with E-state index in [0.717, 1.165) is 42.5 Å². The summed E-state index contributed by atoms with van der Waals surface area (Å²) in [5.74, 6) is 5.76. The minimum atomic E-state index is -0.177. The number of aryl methyl sites for hydroxylation is 1. The van der Waals surface area contributed by atoms with E-state index in [4.69, 9.17) is 5.11 Å². The van der Waals surface area contributed by atoms with Gasteiger partial charge in [-0.15, -0.1) is 0 Å². The Labute approximate surface area is 120 Å². The Morgan fingerprint density at radius 2 is 2.10 bits per heavy atom. The normalized spacial score (nSPS) is 15.3. The molecule has 1 aliphatic carbocycles. The quantitative estimate of drug-likeness (QED) is 0.813. The molecule has 20 heavy (non-hydrogen) atoms. The van der Waals surface area contributed by atoms with Crippen molar-refractivity contribution in [3.63, 3.8) is 0 Å². The van der Waals surface area contributed by atoms with Gasteiger partial charge in [-0.05, 0) is 37.5 Å². The number of aliphatic hydroxyl groups excluding tert-OH is 1. The largest absolute Gasteiger partial charge is 0.384 e. The average molecular weight is 271 g/mol. The lowest BCUT2D eigenvalue weighted by molar-refractivity contribution is -0.120. The summed E-state index contributed by atoms with van der Waals surface area (Å²) in [5, 5.41) is 11.8. The highest BCUT2D eigenvalue weighted by Crippen LogP contribution is 2.26. The SMILES string of the molecule is Cc1ccc(NC(=O)C2CCCCC2)c(C#CCO)c1. The van der Waals surface area contributed by atoms with Crippen molar-refractivity contribution in [3.05, 3.63) is 29.3 Å². The molecule has 0 saturated heterocycles. The molecule has 0 aliphatic heterocycles. The summed E-state index contributed by atoms with van der Waals surface area (Å²) >= 11 is 0. The van der Waals surface area contributed by atoms with Crippen LogP contribution in [0.15, 0.2) is 18.2 Å². The van der Waals surface area contributed by atoms with Crippen LogP contribution in [0.3, 0.4) is 0 Å². The zero-order valence-electron chi connectivity index (χ0n) is 11.9. The average Bonchev–Trinajstić information content (AvgIpc) is 2.48. The molecule has 0 aromatic heterocycles. The van der Waals surface area contributed by atoms with Gasteiger partial charge in [-0.1, -0.05) is 37.2 Å². The fraction of sp³-hybridized carbons (Fsp3) is 0.471. The molecule has 0 bridgehead atoms. The molecule has 1 aromatic rings. The van der Waals surface area contributed by atoms with Crippen molar-refractivity contribution in [2.45, 2.75) is 39.0 Å². The third kappa shape index (κ3) is 3.85. The molecule has 3 heteroatoms. The van der Waals surface area contributed by atoms with Crippen LogP contribution in [0.25, 0.3) is 0 Å². The molecule has 1 aliphatic rings. The van der Waals surface area contributed by atoms with Crippen molar-refractivity contribution in [1.82, 2.24) is 0 Å². The summed E-state index contributed by atoms with van der Waals surface area (Å²) in [4.78, 5) is 12.3. The summed E-state index contributed by atoms with van der Waals surface area (Å²) in [6.07, 6.45) is 5.48.